The minimum absolute atomic E-state index is 0.0375. The lowest BCUT2D eigenvalue weighted by atomic mass is 10.1. The van der Waals surface area contributed by atoms with Gasteiger partial charge in [-0.3, -0.25) is 4.79 Å². The van der Waals surface area contributed by atoms with Crippen molar-refractivity contribution in [1.29, 1.82) is 0 Å². The fourth-order valence-corrected chi connectivity index (χ4v) is 3.54. The molecule has 1 amide bonds. The van der Waals surface area contributed by atoms with Crippen LogP contribution in [0.15, 0.2) is 53.4 Å². The van der Waals surface area contributed by atoms with E-state index in [1.807, 2.05) is 0 Å². The molecule has 1 fully saturated rings. The molecule has 3 rings (SSSR count). The van der Waals surface area contributed by atoms with Crippen molar-refractivity contribution in [2.75, 3.05) is 7.05 Å². The van der Waals surface area contributed by atoms with E-state index < -0.39 is 21.8 Å². The highest BCUT2D eigenvalue weighted by molar-refractivity contribution is 7.89. The lowest BCUT2D eigenvalue weighted by molar-refractivity contribution is -0.137. The van der Waals surface area contributed by atoms with Crippen molar-refractivity contribution in [3.63, 3.8) is 0 Å². The number of carbonyl (C=O) groups excluding carboxylic acids is 1. The average Bonchev–Trinajstić information content (AvgIpc) is 3.50. The van der Waals surface area contributed by atoms with Crippen LogP contribution >= 0.6 is 0 Å². The number of halogens is 3. The molecule has 0 spiro atoms. The van der Waals surface area contributed by atoms with Gasteiger partial charge < -0.3 is 4.90 Å². The number of hydrogen-bond donors (Lipinski definition) is 1. The number of amides is 1. The summed E-state index contributed by atoms with van der Waals surface area (Å²) in [7, 11) is -2.30. The van der Waals surface area contributed by atoms with Crippen molar-refractivity contribution < 1.29 is 26.4 Å². The van der Waals surface area contributed by atoms with E-state index >= 15 is 0 Å². The van der Waals surface area contributed by atoms with Gasteiger partial charge in [-0.15, -0.1) is 0 Å². The maximum atomic E-state index is 12.9. The molecule has 5 nitrogen and oxygen atoms in total. The summed E-state index contributed by atoms with van der Waals surface area (Å²) in [5.41, 5.74) is 0.193. The quantitative estimate of drug-likeness (QED) is 0.791. The molecule has 0 atom stereocenters. The van der Waals surface area contributed by atoms with Crippen LogP contribution in [-0.4, -0.2) is 32.3 Å². The Morgan fingerprint density at radius 2 is 1.64 bits per heavy atom. The number of hydrogen-bond acceptors (Lipinski definition) is 3. The van der Waals surface area contributed by atoms with E-state index in [1.54, 1.807) is 4.90 Å². The Balaban J connectivity index is 1.78. The molecule has 150 valence electrons. The van der Waals surface area contributed by atoms with Gasteiger partial charge in [-0.1, -0.05) is 12.1 Å². The number of rotatable bonds is 6. The van der Waals surface area contributed by atoms with Gasteiger partial charge in [0.1, 0.15) is 0 Å². The van der Waals surface area contributed by atoms with Crippen LogP contribution in [0.3, 0.4) is 0 Å². The van der Waals surface area contributed by atoms with E-state index in [1.165, 1.54) is 43.4 Å². The Hall–Kier alpha value is -2.39. The van der Waals surface area contributed by atoms with Crippen LogP contribution in [0.2, 0.25) is 0 Å². The number of benzene rings is 2. The maximum Gasteiger partial charge on any atom is 0.416 e. The van der Waals surface area contributed by atoms with Gasteiger partial charge in [-0.25, -0.2) is 13.1 Å². The molecule has 1 aliphatic carbocycles. The lowest BCUT2D eigenvalue weighted by Gasteiger charge is -2.23. The predicted molar refractivity (Wildman–Crippen MR) is 97.0 cm³/mol. The molecule has 0 radical (unpaired) electrons. The zero-order valence-corrected chi connectivity index (χ0v) is 15.8. The molecule has 0 saturated heterocycles. The van der Waals surface area contributed by atoms with Crippen LogP contribution in [-0.2, 0) is 22.7 Å². The molecule has 9 heteroatoms. The van der Waals surface area contributed by atoms with Crippen molar-refractivity contribution in [2.24, 2.45) is 0 Å². The van der Waals surface area contributed by atoms with Gasteiger partial charge in [0.15, 0.2) is 0 Å². The third-order valence-electron chi connectivity index (χ3n) is 4.56. The topological polar surface area (TPSA) is 66.5 Å². The van der Waals surface area contributed by atoms with Crippen molar-refractivity contribution in [2.45, 2.75) is 36.5 Å². The van der Waals surface area contributed by atoms with Gasteiger partial charge >= 0.3 is 6.18 Å². The normalized spacial score (nSPS) is 14.7. The molecule has 0 heterocycles. The minimum Gasteiger partial charge on any atom is -0.331 e. The van der Waals surface area contributed by atoms with Gasteiger partial charge in [0, 0.05) is 18.2 Å². The largest absolute Gasteiger partial charge is 0.416 e. The number of nitrogens with one attached hydrogen (secondary N) is 1. The lowest BCUT2D eigenvalue weighted by Crippen LogP contribution is -2.32. The van der Waals surface area contributed by atoms with Crippen LogP contribution in [0, 0.1) is 0 Å². The van der Waals surface area contributed by atoms with E-state index in [0.717, 1.165) is 25.0 Å². The maximum absolute atomic E-state index is 12.9. The molecule has 1 saturated carbocycles. The summed E-state index contributed by atoms with van der Waals surface area (Å²) in [6.45, 7) is 0.193. The second kappa shape index (κ2) is 7.56. The van der Waals surface area contributed by atoms with Gasteiger partial charge in [0.2, 0.25) is 10.0 Å². The first kappa shape index (κ1) is 20.3. The van der Waals surface area contributed by atoms with Crippen molar-refractivity contribution in [3.8, 4) is 0 Å². The van der Waals surface area contributed by atoms with Crippen LogP contribution < -0.4 is 4.72 Å². The first-order chi connectivity index (χ1) is 13.1. The second-order valence-corrected chi connectivity index (χ2v) is 8.48. The second-order valence-electron chi connectivity index (χ2n) is 6.59. The Bertz CT molecular complexity index is 951. The van der Waals surface area contributed by atoms with E-state index in [-0.39, 0.29) is 23.4 Å². The number of carbonyl (C=O) groups is 1. The molecule has 28 heavy (non-hydrogen) atoms. The molecule has 2 aromatic rings. The summed E-state index contributed by atoms with van der Waals surface area (Å²) in [6, 6.07) is 10.4. The highest BCUT2D eigenvalue weighted by Crippen LogP contribution is 2.32. The molecule has 2 aromatic carbocycles. The number of sulfonamides is 1. The average molecular weight is 412 g/mol. The van der Waals surface area contributed by atoms with Crippen molar-refractivity contribution in [3.05, 3.63) is 65.2 Å². The molecule has 1 aliphatic rings. The first-order valence-corrected chi connectivity index (χ1v) is 10.1. The van der Waals surface area contributed by atoms with E-state index in [4.69, 9.17) is 0 Å². The zero-order chi connectivity index (χ0) is 20.5. The monoisotopic (exact) mass is 412 g/mol. The fraction of sp³-hybridized carbons (Fsp3) is 0.316. The highest BCUT2D eigenvalue weighted by Gasteiger charge is 2.34. The smallest absolute Gasteiger partial charge is 0.331 e. The Morgan fingerprint density at radius 3 is 2.11 bits per heavy atom. The summed E-state index contributed by atoms with van der Waals surface area (Å²) >= 11 is 0. The SMILES string of the molecule is CNS(=O)(=O)c1ccc(C(=O)N(Cc2ccc(C(F)(F)F)cc2)C2CC2)cc1. The molecule has 1 N–H and O–H groups in total. The zero-order valence-electron chi connectivity index (χ0n) is 15.0. The Kier molecular flexibility index (Phi) is 5.49. The Labute approximate surface area is 161 Å². The molecule has 0 aliphatic heterocycles. The summed E-state index contributed by atoms with van der Waals surface area (Å²) in [5.74, 6) is -0.282. The number of nitrogens with zero attached hydrogens (tertiary/aromatic N) is 1. The molecule has 0 unspecified atom stereocenters. The predicted octanol–water partition coefficient (Wildman–Crippen LogP) is 3.42. The third kappa shape index (κ3) is 4.53. The van der Waals surface area contributed by atoms with Gasteiger partial charge in [-0.05, 0) is 61.9 Å². The van der Waals surface area contributed by atoms with Gasteiger partial charge in [0.25, 0.3) is 5.91 Å². The van der Waals surface area contributed by atoms with E-state index in [9.17, 15) is 26.4 Å². The molecular formula is C19H19F3N2O3S. The summed E-state index contributed by atoms with van der Waals surface area (Å²) in [6.07, 6.45) is -2.74. The van der Waals surface area contributed by atoms with E-state index in [2.05, 4.69) is 4.72 Å². The summed E-state index contributed by atoms with van der Waals surface area (Å²) in [5, 5.41) is 0. The highest BCUT2D eigenvalue weighted by atomic mass is 32.2. The molecule has 0 aromatic heterocycles. The standard InChI is InChI=1S/C19H19F3N2O3S/c1-23-28(26,27)17-10-4-14(5-11-17)18(25)24(16-8-9-16)12-13-2-6-15(7-3-13)19(20,21)22/h2-7,10-11,16,23H,8-9,12H2,1H3. The van der Waals surface area contributed by atoms with Crippen molar-refractivity contribution >= 4 is 15.9 Å². The van der Waals surface area contributed by atoms with Gasteiger partial charge in [0.05, 0.1) is 10.5 Å². The van der Waals surface area contributed by atoms with E-state index in [0.29, 0.717) is 11.1 Å². The fourth-order valence-electron chi connectivity index (χ4n) is 2.81. The van der Waals surface area contributed by atoms with Crippen LogP contribution in [0.1, 0.15) is 34.3 Å². The first-order valence-electron chi connectivity index (χ1n) is 8.62. The molecule has 0 bridgehead atoms. The summed E-state index contributed by atoms with van der Waals surface area (Å²) in [4.78, 5) is 14.5. The Morgan fingerprint density at radius 1 is 1.07 bits per heavy atom. The summed E-state index contributed by atoms with van der Waals surface area (Å²) < 4.78 is 63.9. The number of alkyl halides is 3. The molecular weight excluding hydrogens is 393 g/mol. The minimum atomic E-state index is -4.40. The van der Waals surface area contributed by atoms with Crippen LogP contribution in [0.25, 0.3) is 0 Å². The van der Waals surface area contributed by atoms with Crippen LogP contribution in [0.4, 0.5) is 13.2 Å². The van der Waals surface area contributed by atoms with Crippen LogP contribution in [0.5, 0.6) is 0 Å². The van der Waals surface area contributed by atoms with Crippen molar-refractivity contribution in [1.82, 2.24) is 9.62 Å². The third-order valence-corrected chi connectivity index (χ3v) is 5.99. The van der Waals surface area contributed by atoms with Gasteiger partial charge in [-0.2, -0.15) is 13.2 Å².